The molecule has 1 aromatic carbocycles. The van der Waals surface area contributed by atoms with Gasteiger partial charge in [0.1, 0.15) is 0 Å². The molecule has 0 unspecified atom stereocenters. The summed E-state index contributed by atoms with van der Waals surface area (Å²) in [6, 6.07) is 5.98. The zero-order chi connectivity index (χ0) is 12.5. The summed E-state index contributed by atoms with van der Waals surface area (Å²) >= 11 is 1.30. The second kappa shape index (κ2) is 4.76. The molecule has 94 valence electrons. The van der Waals surface area contributed by atoms with Gasteiger partial charge in [-0.15, -0.1) is 0 Å². The Morgan fingerprint density at radius 1 is 1.28 bits per heavy atom. The van der Waals surface area contributed by atoms with Crippen LogP contribution in [0, 0.1) is 0 Å². The third-order valence-corrected chi connectivity index (χ3v) is 4.49. The highest BCUT2D eigenvalue weighted by atomic mass is 32.2. The number of ketones is 1. The van der Waals surface area contributed by atoms with E-state index in [-0.39, 0.29) is 17.6 Å². The van der Waals surface area contributed by atoms with Crippen LogP contribution in [0.5, 0.6) is 0 Å². The van der Waals surface area contributed by atoms with E-state index in [4.69, 9.17) is 0 Å². The third kappa shape index (κ3) is 2.17. The fourth-order valence-electron chi connectivity index (χ4n) is 2.58. The molecule has 1 aromatic rings. The Hall–Kier alpha value is -1.29. The van der Waals surface area contributed by atoms with Gasteiger partial charge in [0.15, 0.2) is 5.78 Å². The number of carbonyl (C=O) groups excluding carboxylic acids is 2. The highest BCUT2D eigenvalue weighted by Crippen LogP contribution is 2.23. The van der Waals surface area contributed by atoms with E-state index in [1.165, 1.54) is 29.3 Å². The van der Waals surface area contributed by atoms with Crippen LogP contribution in [0.15, 0.2) is 18.2 Å². The molecular weight excluding hydrogens is 246 g/mol. The van der Waals surface area contributed by atoms with Crippen molar-refractivity contribution in [1.82, 2.24) is 4.90 Å². The Bertz CT molecular complexity index is 513. The van der Waals surface area contributed by atoms with E-state index in [9.17, 15) is 9.59 Å². The van der Waals surface area contributed by atoms with Crippen molar-refractivity contribution in [2.24, 2.45) is 0 Å². The molecule has 0 spiro atoms. The standard InChI is InChI=1S/C14H15NO2S/c16-13(9-15-6-7-18-14(15)17)12-5-4-10-2-1-3-11(10)8-12/h4-5,8H,1-3,6-7,9H2. The molecule has 1 fully saturated rings. The second-order valence-corrected chi connectivity index (χ2v) is 5.84. The van der Waals surface area contributed by atoms with Gasteiger partial charge in [0, 0.05) is 17.9 Å². The summed E-state index contributed by atoms with van der Waals surface area (Å²) in [5.41, 5.74) is 3.43. The Kier molecular flexibility index (Phi) is 3.12. The smallest absolute Gasteiger partial charge is 0.282 e. The van der Waals surface area contributed by atoms with E-state index >= 15 is 0 Å². The van der Waals surface area contributed by atoms with Crippen molar-refractivity contribution < 1.29 is 9.59 Å². The van der Waals surface area contributed by atoms with Gasteiger partial charge in [-0.05, 0) is 36.5 Å². The molecule has 0 aromatic heterocycles. The number of rotatable bonds is 3. The Labute approximate surface area is 111 Å². The van der Waals surface area contributed by atoms with E-state index < -0.39 is 0 Å². The van der Waals surface area contributed by atoms with Gasteiger partial charge in [-0.3, -0.25) is 9.59 Å². The Morgan fingerprint density at radius 2 is 2.11 bits per heavy atom. The normalized spacial score (nSPS) is 18.2. The molecule has 1 heterocycles. The summed E-state index contributed by atoms with van der Waals surface area (Å²) in [5, 5.41) is 0.0320. The molecule has 1 saturated heterocycles. The molecule has 1 aliphatic carbocycles. The Morgan fingerprint density at radius 3 is 2.89 bits per heavy atom. The van der Waals surface area contributed by atoms with E-state index in [1.807, 2.05) is 12.1 Å². The Balaban J connectivity index is 1.74. The van der Waals surface area contributed by atoms with Crippen LogP contribution in [0.3, 0.4) is 0 Å². The van der Waals surface area contributed by atoms with Gasteiger partial charge in [-0.25, -0.2) is 0 Å². The third-order valence-electron chi connectivity index (χ3n) is 3.60. The fraction of sp³-hybridized carbons (Fsp3) is 0.429. The first-order valence-corrected chi connectivity index (χ1v) is 7.29. The molecule has 1 amide bonds. The molecule has 18 heavy (non-hydrogen) atoms. The highest BCUT2D eigenvalue weighted by molar-refractivity contribution is 8.13. The van der Waals surface area contributed by atoms with Gasteiger partial charge >= 0.3 is 0 Å². The first-order valence-electron chi connectivity index (χ1n) is 6.31. The maximum absolute atomic E-state index is 12.1. The van der Waals surface area contributed by atoms with Crippen molar-refractivity contribution in [3.8, 4) is 0 Å². The van der Waals surface area contributed by atoms with E-state index in [1.54, 1.807) is 4.90 Å². The van der Waals surface area contributed by atoms with Crippen LogP contribution in [-0.2, 0) is 12.8 Å². The molecule has 2 aliphatic rings. The summed E-state index contributed by atoms with van der Waals surface area (Å²) in [5.74, 6) is 0.858. The van der Waals surface area contributed by atoms with Crippen molar-refractivity contribution in [2.45, 2.75) is 19.3 Å². The molecule has 0 bridgehead atoms. The number of nitrogens with zero attached hydrogens (tertiary/aromatic N) is 1. The maximum atomic E-state index is 12.1. The number of benzene rings is 1. The minimum Gasteiger partial charge on any atom is -0.325 e. The second-order valence-electron chi connectivity index (χ2n) is 4.80. The molecular formula is C14H15NO2S. The monoisotopic (exact) mass is 261 g/mol. The zero-order valence-electron chi connectivity index (χ0n) is 10.1. The number of amides is 1. The van der Waals surface area contributed by atoms with E-state index in [2.05, 4.69) is 6.07 Å². The predicted octanol–water partition coefficient (Wildman–Crippen LogP) is 2.53. The lowest BCUT2D eigenvalue weighted by atomic mass is 10.0. The number of fused-ring (bicyclic) bond motifs is 1. The van der Waals surface area contributed by atoms with Gasteiger partial charge in [0.05, 0.1) is 6.54 Å². The molecule has 0 radical (unpaired) electrons. The van der Waals surface area contributed by atoms with Gasteiger partial charge in [0.25, 0.3) is 5.24 Å². The number of hydrogen-bond acceptors (Lipinski definition) is 3. The number of Topliss-reactive ketones (excluding diaryl/α,β-unsaturated/α-hetero) is 1. The van der Waals surface area contributed by atoms with E-state index in [0.29, 0.717) is 6.54 Å². The number of thioether (sulfide) groups is 1. The van der Waals surface area contributed by atoms with Gasteiger partial charge in [-0.2, -0.15) is 0 Å². The minimum atomic E-state index is 0.0320. The van der Waals surface area contributed by atoms with Crippen LogP contribution in [0.25, 0.3) is 0 Å². The lowest BCUT2D eigenvalue weighted by Crippen LogP contribution is -2.29. The van der Waals surface area contributed by atoms with Crippen LogP contribution >= 0.6 is 11.8 Å². The summed E-state index contributed by atoms with van der Waals surface area (Å²) in [4.78, 5) is 25.2. The minimum absolute atomic E-state index is 0.0320. The van der Waals surface area contributed by atoms with Crippen molar-refractivity contribution >= 4 is 22.8 Å². The molecule has 3 nitrogen and oxygen atoms in total. The topological polar surface area (TPSA) is 37.4 Å². The summed E-state index contributed by atoms with van der Waals surface area (Å²) < 4.78 is 0. The van der Waals surface area contributed by atoms with Crippen LogP contribution in [0.1, 0.15) is 27.9 Å². The quantitative estimate of drug-likeness (QED) is 0.785. The maximum Gasteiger partial charge on any atom is 0.282 e. The van der Waals surface area contributed by atoms with Crippen molar-refractivity contribution in [3.63, 3.8) is 0 Å². The van der Waals surface area contributed by atoms with Crippen molar-refractivity contribution in [1.29, 1.82) is 0 Å². The van der Waals surface area contributed by atoms with Gasteiger partial charge in [-0.1, -0.05) is 23.9 Å². The number of carbonyl (C=O) groups is 2. The highest BCUT2D eigenvalue weighted by Gasteiger charge is 2.24. The fourth-order valence-corrected chi connectivity index (χ4v) is 3.40. The molecule has 0 saturated carbocycles. The summed E-state index contributed by atoms with van der Waals surface area (Å²) in [6.07, 6.45) is 3.40. The summed E-state index contributed by atoms with van der Waals surface area (Å²) in [6.45, 7) is 0.921. The SMILES string of the molecule is O=C(CN1CCSC1=O)c1ccc2c(c1)CCC2. The zero-order valence-corrected chi connectivity index (χ0v) is 11.0. The largest absolute Gasteiger partial charge is 0.325 e. The number of aryl methyl sites for hydroxylation is 2. The number of hydrogen-bond donors (Lipinski definition) is 0. The van der Waals surface area contributed by atoms with Crippen LogP contribution in [0.4, 0.5) is 4.79 Å². The van der Waals surface area contributed by atoms with Crippen LogP contribution < -0.4 is 0 Å². The lowest BCUT2D eigenvalue weighted by Gasteiger charge is -2.13. The molecule has 4 heteroatoms. The average Bonchev–Trinajstić information content (AvgIpc) is 2.98. The van der Waals surface area contributed by atoms with Crippen molar-refractivity contribution in [2.75, 3.05) is 18.8 Å². The van der Waals surface area contributed by atoms with Crippen molar-refractivity contribution in [3.05, 3.63) is 34.9 Å². The first kappa shape index (κ1) is 11.8. The molecule has 0 N–H and O–H groups in total. The molecule has 0 atom stereocenters. The van der Waals surface area contributed by atoms with Gasteiger partial charge < -0.3 is 4.90 Å². The summed E-state index contributed by atoms with van der Waals surface area (Å²) in [7, 11) is 0. The lowest BCUT2D eigenvalue weighted by molar-refractivity contribution is 0.0956. The predicted molar refractivity (Wildman–Crippen MR) is 72.2 cm³/mol. The first-order chi connectivity index (χ1) is 8.74. The molecule has 3 rings (SSSR count). The van der Waals surface area contributed by atoms with Crippen LogP contribution in [-0.4, -0.2) is 34.8 Å². The van der Waals surface area contributed by atoms with E-state index in [0.717, 1.165) is 24.2 Å². The van der Waals surface area contributed by atoms with Crippen LogP contribution in [0.2, 0.25) is 0 Å². The van der Waals surface area contributed by atoms with Gasteiger partial charge in [0.2, 0.25) is 0 Å². The molecule has 1 aliphatic heterocycles. The average molecular weight is 261 g/mol.